The number of aryl methyl sites for hydroxylation is 1. The molecule has 3 N–H and O–H groups in total. The number of nitrogens with zero attached hydrogens (tertiary/aromatic N) is 5. The fourth-order valence-electron chi connectivity index (χ4n) is 2.27. The first-order valence-electron chi connectivity index (χ1n) is 7.83. The lowest BCUT2D eigenvalue weighted by Crippen LogP contribution is -2.10. The molecule has 0 radical (unpaired) electrons. The molecule has 8 nitrogen and oxygen atoms in total. The van der Waals surface area contributed by atoms with Crippen LogP contribution in [0.15, 0.2) is 30.7 Å². The first-order valence-corrected chi connectivity index (χ1v) is 9.29. The number of pyridine rings is 1. The molecule has 0 saturated carbocycles. The predicted molar refractivity (Wildman–Crippen MR) is 109 cm³/mol. The first kappa shape index (κ1) is 18.6. The maximum atomic E-state index is 5.92. The van der Waals surface area contributed by atoms with Gasteiger partial charge in [0.2, 0.25) is 5.88 Å². The van der Waals surface area contributed by atoms with Crippen LogP contribution in [0.3, 0.4) is 0 Å². The standard InChI is InChI=1S/C16H17ClIN7O/c1-25-16(10(8-23-25)15-21-5-3-14(19)24-15)26-6-2-4-20-12-7-13(17)22-9-11(12)18/h3,5,7-9H,2,4,6H2,1H3,(H,20,22)(H2,19,21,24). The quantitative estimate of drug-likeness (QED) is 0.301. The number of nitrogens with one attached hydrogen (secondary N) is 1. The van der Waals surface area contributed by atoms with Crippen LogP contribution in [0.5, 0.6) is 5.88 Å². The second kappa shape index (κ2) is 8.49. The van der Waals surface area contributed by atoms with Crippen LogP contribution in [-0.2, 0) is 7.05 Å². The maximum absolute atomic E-state index is 5.92. The lowest BCUT2D eigenvalue weighted by Gasteiger charge is -2.11. The smallest absolute Gasteiger partial charge is 0.222 e. The van der Waals surface area contributed by atoms with Crippen LogP contribution in [0, 0.1) is 3.57 Å². The molecule has 3 aromatic heterocycles. The van der Waals surface area contributed by atoms with Gasteiger partial charge in [0.1, 0.15) is 16.5 Å². The highest BCUT2D eigenvalue weighted by molar-refractivity contribution is 14.1. The van der Waals surface area contributed by atoms with E-state index in [9.17, 15) is 0 Å². The number of nitrogen functional groups attached to an aromatic ring is 1. The minimum Gasteiger partial charge on any atom is -0.477 e. The summed E-state index contributed by atoms with van der Waals surface area (Å²) in [5.41, 5.74) is 7.40. The number of halogens is 2. The number of hydrogen-bond acceptors (Lipinski definition) is 7. The van der Waals surface area contributed by atoms with Gasteiger partial charge < -0.3 is 15.8 Å². The van der Waals surface area contributed by atoms with Crippen LogP contribution in [-0.4, -0.2) is 37.9 Å². The molecule has 3 heterocycles. The van der Waals surface area contributed by atoms with Crippen LogP contribution in [0.25, 0.3) is 11.4 Å². The summed E-state index contributed by atoms with van der Waals surface area (Å²) >= 11 is 8.13. The number of anilines is 2. The van der Waals surface area contributed by atoms with Crippen LogP contribution >= 0.6 is 34.2 Å². The Morgan fingerprint density at radius 2 is 2.19 bits per heavy atom. The number of ether oxygens (including phenoxy) is 1. The van der Waals surface area contributed by atoms with Gasteiger partial charge in [-0.05, 0) is 41.1 Å². The second-order valence-electron chi connectivity index (χ2n) is 5.41. The van der Waals surface area contributed by atoms with Gasteiger partial charge >= 0.3 is 0 Å². The monoisotopic (exact) mass is 485 g/mol. The summed E-state index contributed by atoms with van der Waals surface area (Å²) in [5, 5.41) is 8.01. The largest absolute Gasteiger partial charge is 0.477 e. The van der Waals surface area contributed by atoms with Crippen molar-refractivity contribution >= 4 is 45.7 Å². The van der Waals surface area contributed by atoms with Crippen LogP contribution in [0.1, 0.15) is 6.42 Å². The zero-order chi connectivity index (χ0) is 18.5. The van der Waals surface area contributed by atoms with Gasteiger partial charge in [-0.3, -0.25) is 0 Å². The maximum Gasteiger partial charge on any atom is 0.222 e. The molecule has 0 saturated heterocycles. The molecular formula is C16H17ClIN7O. The summed E-state index contributed by atoms with van der Waals surface area (Å²) in [6.45, 7) is 1.25. The lowest BCUT2D eigenvalue weighted by atomic mass is 10.3. The zero-order valence-corrected chi connectivity index (χ0v) is 16.9. The lowest BCUT2D eigenvalue weighted by molar-refractivity contribution is 0.289. The third-order valence-corrected chi connectivity index (χ3v) is 4.57. The fourth-order valence-corrected chi connectivity index (χ4v) is 2.91. The van der Waals surface area contributed by atoms with Crippen molar-refractivity contribution in [3.05, 3.63) is 39.4 Å². The molecule has 0 aromatic carbocycles. The summed E-state index contributed by atoms with van der Waals surface area (Å²) in [6, 6.07) is 3.44. The van der Waals surface area contributed by atoms with E-state index in [-0.39, 0.29) is 0 Å². The van der Waals surface area contributed by atoms with E-state index in [4.69, 9.17) is 22.1 Å². The molecule has 3 aromatic rings. The third kappa shape index (κ3) is 4.52. The number of aromatic nitrogens is 5. The van der Waals surface area contributed by atoms with Crippen molar-refractivity contribution in [1.29, 1.82) is 0 Å². The van der Waals surface area contributed by atoms with E-state index in [1.165, 1.54) is 0 Å². The molecule has 0 unspecified atom stereocenters. The Morgan fingerprint density at radius 3 is 3.00 bits per heavy atom. The molecule has 0 atom stereocenters. The average Bonchev–Trinajstić information content (AvgIpc) is 2.98. The van der Waals surface area contributed by atoms with Gasteiger partial charge in [-0.1, -0.05) is 11.6 Å². The van der Waals surface area contributed by atoms with Crippen molar-refractivity contribution < 1.29 is 4.74 Å². The van der Waals surface area contributed by atoms with Crippen molar-refractivity contribution in [2.24, 2.45) is 7.05 Å². The van der Waals surface area contributed by atoms with Crippen molar-refractivity contribution in [3.63, 3.8) is 0 Å². The van der Waals surface area contributed by atoms with Gasteiger partial charge in [-0.15, -0.1) is 0 Å². The molecule has 0 fully saturated rings. The summed E-state index contributed by atoms with van der Waals surface area (Å²) in [5.74, 6) is 1.50. The second-order valence-corrected chi connectivity index (χ2v) is 6.96. The van der Waals surface area contributed by atoms with Gasteiger partial charge in [0.25, 0.3) is 0 Å². The molecule has 0 aliphatic carbocycles. The van der Waals surface area contributed by atoms with Crippen molar-refractivity contribution in [2.45, 2.75) is 6.42 Å². The highest BCUT2D eigenvalue weighted by Crippen LogP contribution is 2.27. The normalized spacial score (nSPS) is 10.7. The van der Waals surface area contributed by atoms with Gasteiger partial charge in [-0.25, -0.2) is 19.6 Å². The molecule has 0 aliphatic rings. The fraction of sp³-hybridized carbons (Fsp3) is 0.250. The van der Waals surface area contributed by atoms with Gasteiger partial charge in [0.15, 0.2) is 5.82 Å². The Morgan fingerprint density at radius 1 is 1.35 bits per heavy atom. The molecule has 0 spiro atoms. The van der Waals surface area contributed by atoms with Gasteiger partial charge in [0.05, 0.1) is 22.1 Å². The van der Waals surface area contributed by atoms with E-state index >= 15 is 0 Å². The number of rotatable bonds is 7. The zero-order valence-electron chi connectivity index (χ0n) is 14.0. The highest BCUT2D eigenvalue weighted by atomic mass is 127. The molecule has 10 heteroatoms. The molecule has 26 heavy (non-hydrogen) atoms. The molecule has 136 valence electrons. The Kier molecular flexibility index (Phi) is 6.09. The summed E-state index contributed by atoms with van der Waals surface area (Å²) in [4.78, 5) is 12.5. The van der Waals surface area contributed by atoms with Gasteiger partial charge in [-0.2, -0.15) is 5.10 Å². The summed E-state index contributed by atoms with van der Waals surface area (Å²) in [7, 11) is 1.81. The molecule has 3 rings (SSSR count). The van der Waals surface area contributed by atoms with Crippen LogP contribution < -0.4 is 15.8 Å². The Bertz CT molecular complexity index is 902. The first-order chi connectivity index (χ1) is 12.5. The minimum atomic E-state index is 0.402. The average molecular weight is 486 g/mol. The Balaban J connectivity index is 1.57. The topological polar surface area (TPSA) is 104 Å². The van der Waals surface area contributed by atoms with E-state index in [1.54, 1.807) is 35.4 Å². The predicted octanol–water partition coefficient (Wildman–Crippen LogP) is 2.99. The third-order valence-electron chi connectivity index (χ3n) is 3.50. The Labute approximate surface area is 169 Å². The minimum absolute atomic E-state index is 0.402. The van der Waals surface area contributed by atoms with E-state index in [1.807, 2.05) is 7.05 Å². The van der Waals surface area contributed by atoms with Crippen LogP contribution in [0.4, 0.5) is 11.5 Å². The number of hydrogen-bond donors (Lipinski definition) is 2. The molecule has 0 amide bonds. The van der Waals surface area contributed by atoms with E-state index in [2.05, 4.69) is 48.0 Å². The van der Waals surface area contributed by atoms with Crippen LogP contribution in [0.2, 0.25) is 5.15 Å². The highest BCUT2D eigenvalue weighted by Gasteiger charge is 2.14. The van der Waals surface area contributed by atoms with E-state index in [0.29, 0.717) is 34.8 Å². The molecule has 0 aliphatic heterocycles. The summed E-state index contributed by atoms with van der Waals surface area (Å²) in [6.07, 6.45) is 5.80. The Hall–Kier alpha value is -2.14. The molecular weight excluding hydrogens is 469 g/mol. The van der Waals surface area contributed by atoms with Crippen molar-refractivity contribution in [1.82, 2.24) is 24.7 Å². The van der Waals surface area contributed by atoms with Gasteiger partial charge in [0, 0.05) is 26.0 Å². The van der Waals surface area contributed by atoms with E-state index < -0.39 is 0 Å². The van der Waals surface area contributed by atoms with Crippen molar-refractivity contribution in [2.75, 3.05) is 24.2 Å². The number of nitrogens with two attached hydrogens (primary N) is 1. The molecule has 0 bridgehead atoms. The summed E-state index contributed by atoms with van der Waals surface area (Å²) < 4.78 is 8.56. The van der Waals surface area contributed by atoms with E-state index in [0.717, 1.165) is 22.2 Å². The SMILES string of the molecule is Cn1ncc(-c2nccc(N)n2)c1OCCCNc1cc(Cl)ncc1I. The van der Waals surface area contributed by atoms with Crippen molar-refractivity contribution in [3.8, 4) is 17.3 Å².